The van der Waals surface area contributed by atoms with E-state index in [1.54, 1.807) is 71.0 Å². The summed E-state index contributed by atoms with van der Waals surface area (Å²) in [5, 5.41) is 8.23. The molecule has 4 rings (SSSR count). The predicted molar refractivity (Wildman–Crippen MR) is 221 cm³/mol. The summed E-state index contributed by atoms with van der Waals surface area (Å²) < 4.78 is 33.7. The predicted octanol–water partition coefficient (Wildman–Crippen LogP) is 5.69. The Labute approximate surface area is 356 Å². The maximum atomic E-state index is 13.8. The highest BCUT2D eigenvalue weighted by Gasteiger charge is 2.48. The van der Waals surface area contributed by atoms with E-state index in [2.05, 4.69) is 16.0 Å². The van der Waals surface area contributed by atoms with Crippen LogP contribution in [0.1, 0.15) is 91.0 Å². The number of hydrogen-bond donors (Lipinski definition) is 3. The molecular weight excluding hydrogens is 798 g/mol. The summed E-state index contributed by atoms with van der Waals surface area (Å²) in [6, 6.07) is 11.3. The van der Waals surface area contributed by atoms with Crippen LogP contribution in [0, 0.1) is 17.3 Å². The summed E-state index contributed by atoms with van der Waals surface area (Å²) in [5.41, 5.74) is 0.274. The summed E-state index contributed by atoms with van der Waals surface area (Å²) in [6.07, 6.45) is -0.181. The van der Waals surface area contributed by atoms with Gasteiger partial charge in [-0.25, -0.2) is 9.59 Å². The normalized spacial score (nSPS) is 23.6. The SMILES string of the molecule is COc1ccc(C[C@H]2NC(=O)/C=C/CC([C@H](C)C3OC3c3ccc(COC(=O)CNC(=O)OC(C)(C)C)cc3)OC(=O)[C@H](CC(C)C)OC(=O)C(C)(C)CNC2=O)cc1Cl. The third-order valence-electron chi connectivity index (χ3n) is 9.76. The molecule has 15 nitrogen and oxygen atoms in total. The molecule has 0 saturated carbocycles. The number of carbonyl (C=O) groups is 6. The second-order valence-electron chi connectivity index (χ2n) is 17.1. The molecule has 1 saturated heterocycles. The van der Waals surface area contributed by atoms with Gasteiger partial charge >= 0.3 is 24.0 Å². The number of benzene rings is 2. The van der Waals surface area contributed by atoms with Crippen LogP contribution < -0.4 is 20.7 Å². The molecule has 2 heterocycles. The van der Waals surface area contributed by atoms with Crippen LogP contribution in [0.25, 0.3) is 0 Å². The molecule has 3 amide bonds. The second kappa shape index (κ2) is 20.9. The Morgan fingerprint density at radius 1 is 1.00 bits per heavy atom. The monoisotopic (exact) mass is 855 g/mol. The number of halogens is 1. The molecule has 6 atom stereocenters. The van der Waals surface area contributed by atoms with E-state index in [9.17, 15) is 28.8 Å². The topological polar surface area (TPSA) is 197 Å². The van der Waals surface area contributed by atoms with Gasteiger partial charge in [0.2, 0.25) is 11.8 Å². The molecule has 0 aliphatic carbocycles. The Morgan fingerprint density at radius 2 is 1.68 bits per heavy atom. The van der Waals surface area contributed by atoms with Crippen LogP contribution in [0.4, 0.5) is 4.79 Å². The van der Waals surface area contributed by atoms with Crippen LogP contribution in [0.15, 0.2) is 54.6 Å². The molecule has 2 aromatic rings. The number of rotatable bonds is 12. The fourth-order valence-electron chi connectivity index (χ4n) is 6.30. The molecule has 1 fully saturated rings. The molecule has 16 heteroatoms. The van der Waals surface area contributed by atoms with E-state index in [1.807, 2.05) is 32.9 Å². The first kappa shape index (κ1) is 47.5. The number of hydrogen-bond acceptors (Lipinski definition) is 12. The molecule has 0 bridgehead atoms. The highest BCUT2D eigenvalue weighted by atomic mass is 35.5. The minimum atomic E-state index is -1.25. The largest absolute Gasteiger partial charge is 0.495 e. The highest BCUT2D eigenvalue weighted by Crippen LogP contribution is 2.45. The van der Waals surface area contributed by atoms with E-state index in [4.69, 9.17) is 40.0 Å². The minimum absolute atomic E-state index is 0.0149. The zero-order valence-corrected chi connectivity index (χ0v) is 36.5. The summed E-state index contributed by atoms with van der Waals surface area (Å²) in [7, 11) is 1.49. The van der Waals surface area contributed by atoms with Crippen LogP contribution >= 0.6 is 11.6 Å². The van der Waals surface area contributed by atoms with Crippen molar-refractivity contribution < 1.29 is 57.2 Å². The smallest absolute Gasteiger partial charge is 0.408 e. The van der Waals surface area contributed by atoms with Crippen molar-refractivity contribution in [2.24, 2.45) is 17.3 Å². The van der Waals surface area contributed by atoms with E-state index in [-0.39, 0.29) is 63.0 Å². The van der Waals surface area contributed by atoms with E-state index in [1.165, 1.54) is 13.2 Å². The average molecular weight is 856 g/mol. The van der Waals surface area contributed by atoms with Crippen molar-refractivity contribution in [2.45, 2.75) is 117 Å². The van der Waals surface area contributed by atoms with Crippen molar-refractivity contribution in [3.8, 4) is 5.75 Å². The summed E-state index contributed by atoms with van der Waals surface area (Å²) in [5.74, 6) is -3.10. The van der Waals surface area contributed by atoms with E-state index in [0.717, 1.165) is 5.56 Å². The van der Waals surface area contributed by atoms with Crippen molar-refractivity contribution in [1.82, 2.24) is 16.0 Å². The van der Waals surface area contributed by atoms with Crippen molar-refractivity contribution >= 4 is 47.4 Å². The van der Waals surface area contributed by atoms with E-state index in [0.29, 0.717) is 21.9 Å². The van der Waals surface area contributed by atoms with Crippen LogP contribution in [0.3, 0.4) is 0 Å². The lowest BCUT2D eigenvalue weighted by molar-refractivity contribution is -0.179. The Bertz CT molecular complexity index is 1890. The second-order valence-corrected chi connectivity index (χ2v) is 17.5. The average Bonchev–Trinajstić information content (AvgIpc) is 3.97. The van der Waals surface area contributed by atoms with Gasteiger partial charge in [-0.1, -0.05) is 68.8 Å². The third-order valence-corrected chi connectivity index (χ3v) is 10.1. The van der Waals surface area contributed by atoms with Gasteiger partial charge in [-0.05, 0) is 81.9 Å². The van der Waals surface area contributed by atoms with Crippen molar-refractivity contribution in [3.05, 3.63) is 76.3 Å². The quantitative estimate of drug-likeness (QED) is 0.134. The van der Waals surface area contributed by atoms with Crippen LogP contribution in [-0.2, 0) is 60.7 Å². The van der Waals surface area contributed by atoms with Gasteiger partial charge in [-0.15, -0.1) is 0 Å². The standard InChI is InChI=1S/C44H58ClN3O12/c1-25(2)19-34-40(52)57-32(26(3)37-38(59-37)29-16-13-27(14-17-29)23-56-36(50)22-46-42(54)60-43(4,5)6)11-10-12-35(49)48-31(21-28-15-18-33(55-9)30(45)20-28)39(51)47-24-44(7,8)41(53)58-34/h10,12-18,20,25-26,31-32,34,37-38H,11,19,21-24H2,1-9H3,(H,46,54)(H,47,51)(H,48,49)/b12-10+/t26-,31+,32?,34-,37?,38?/m0/s1. The number of ether oxygens (including phenoxy) is 6. The fraction of sp³-hybridized carbons (Fsp3) is 0.545. The minimum Gasteiger partial charge on any atom is -0.495 e. The first-order valence-electron chi connectivity index (χ1n) is 20.0. The molecule has 2 aromatic carbocycles. The number of epoxide rings is 1. The molecule has 0 radical (unpaired) electrons. The number of methoxy groups -OCH3 is 1. The first-order valence-corrected chi connectivity index (χ1v) is 20.4. The molecule has 3 N–H and O–H groups in total. The molecule has 2 aliphatic heterocycles. The Kier molecular flexibility index (Phi) is 16.5. The van der Waals surface area contributed by atoms with Crippen molar-refractivity contribution in [3.63, 3.8) is 0 Å². The van der Waals surface area contributed by atoms with Crippen LogP contribution in [0.2, 0.25) is 5.02 Å². The molecular formula is C44H58ClN3O12. The number of esters is 3. The number of nitrogens with one attached hydrogen (secondary N) is 3. The van der Waals surface area contributed by atoms with Gasteiger partial charge in [0.25, 0.3) is 0 Å². The van der Waals surface area contributed by atoms with E-state index < -0.39 is 65.1 Å². The number of carbonyl (C=O) groups excluding carboxylic acids is 6. The van der Waals surface area contributed by atoms with E-state index >= 15 is 0 Å². The highest BCUT2D eigenvalue weighted by molar-refractivity contribution is 6.32. The lowest BCUT2D eigenvalue weighted by Crippen LogP contribution is -2.51. The maximum Gasteiger partial charge on any atom is 0.408 e. The lowest BCUT2D eigenvalue weighted by Gasteiger charge is -2.29. The Hall–Kier alpha value is -5.15. The van der Waals surface area contributed by atoms with Gasteiger partial charge in [0.1, 0.15) is 42.8 Å². The fourth-order valence-corrected chi connectivity index (χ4v) is 6.58. The number of amides is 3. The van der Waals surface area contributed by atoms with Crippen molar-refractivity contribution in [2.75, 3.05) is 20.2 Å². The molecule has 2 aliphatic rings. The Balaban J connectivity index is 1.48. The Morgan fingerprint density at radius 3 is 2.32 bits per heavy atom. The molecule has 60 heavy (non-hydrogen) atoms. The van der Waals surface area contributed by atoms with Gasteiger partial charge in [0.05, 0.1) is 23.7 Å². The summed E-state index contributed by atoms with van der Waals surface area (Å²) in [6.45, 7) is 13.5. The summed E-state index contributed by atoms with van der Waals surface area (Å²) >= 11 is 6.35. The van der Waals surface area contributed by atoms with Crippen LogP contribution in [0.5, 0.6) is 5.75 Å². The zero-order chi connectivity index (χ0) is 44.4. The third kappa shape index (κ3) is 14.5. The van der Waals surface area contributed by atoms with Gasteiger partial charge in [0, 0.05) is 25.3 Å². The molecule has 0 spiro atoms. The first-order chi connectivity index (χ1) is 28.1. The molecule has 3 unspecified atom stereocenters. The molecule has 328 valence electrons. The van der Waals surface area contributed by atoms with Gasteiger partial charge in [-0.2, -0.15) is 0 Å². The maximum absolute atomic E-state index is 13.8. The van der Waals surface area contributed by atoms with Gasteiger partial charge < -0.3 is 44.4 Å². The van der Waals surface area contributed by atoms with Crippen LogP contribution in [-0.4, -0.2) is 86.0 Å². The lowest BCUT2D eigenvalue weighted by atomic mass is 9.92. The van der Waals surface area contributed by atoms with Gasteiger partial charge in [-0.3, -0.25) is 19.2 Å². The number of alkyl carbamates (subject to hydrolysis) is 1. The molecule has 0 aromatic heterocycles. The van der Waals surface area contributed by atoms with Crippen molar-refractivity contribution in [1.29, 1.82) is 0 Å². The summed E-state index contributed by atoms with van der Waals surface area (Å²) in [4.78, 5) is 78.2. The van der Waals surface area contributed by atoms with Gasteiger partial charge in [0.15, 0.2) is 6.10 Å². The zero-order valence-electron chi connectivity index (χ0n) is 35.8. The number of cyclic esters (lactones) is 2.